The molecule has 1 aliphatic heterocycles. The number of phenolic OH excluding ortho intramolecular Hbond substituents is 1. The minimum absolute atomic E-state index is 0.0499. The Kier molecular flexibility index (Phi) is 5.35. The zero-order valence-electron chi connectivity index (χ0n) is 17.1. The Hall–Kier alpha value is -3.48. The first-order valence-electron chi connectivity index (χ1n) is 9.77. The van der Waals surface area contributed by atoms with E-state index in [1.165, 1.54) is 14.2 Å². The van der Waals surface area contributed by atoms with E-state index in [4.69, 9.17) is 14.2 Å². The van der Waals surface area contributed by atoms with Crippen LogP contribution < -0.4 is 19.5 Å². The Balaban J connectivity index is 1.78. The summed E-state index contributed by atoms with van der Waals surface area (Å²) in [7, 11) is 2.99. The topological polar surface area (TPSA) is 89.9 Å². The Bertz CT molecular complexity index is 1070. The third-order valence-electron chi connectivity index (χ3n) is 5.48. The van der Waals surface area contributed by atoms with Crippen LogP contribution in [0.5, 0.6) is 23.0 Å². The molecule has 7 heteroatoms. The standard InChI is InChI=1S/C23H24N2O5/c1-13(16-11-22(26)25-12-16)30-19-8-14(7-18-17(19)5-4-6-24-18)15-9-20(28-2)23(27)21(10-15)29-3/h4-10,13,16,27H,11-12H2,1-3H3,(H,25,26)/t13-,16-/m1/s1. The molecule has 7 nitrogen and oxygen atoms in total. The normalized spacial score (nSPS) is 16.9. The van der Waals surface area contributed by atoms with E-state index in [-0.39, 0.29) is 23.7 Å². The summed E-state index contributed by atoms with van der Waals surface area (Å²) in [6, 6.07) is 11.2. The van der Waals surface area contributed by atoms with Gasteiger partial charge >= 0.3 is 0 Å². The number of ether oxygens (including phenoxy) is 3. The van der Waals surface area contributed by atoms with Crippen molar-refractivity contribution in [2.75, 3.05) is 20.8 Å². The average Bonchev–Trinajstić information content (AvgIpc) is 3.20. The number of benzene rings is 2. The molecule has 1 aliphatic rings. The van der Waals surface area contributed by atoms with Gasteiger partial charge in [0.2, 0.25) is 11.7 Å². The lowest BCUT2D eigenvalue weighted by Gasteiger charge is -2.21. The molecule has 3 aromatic rings. The number of fused-ring (bicyclic) bond motifs is 1. The predicted molar refractivity (Wildman–Crippen MR) is 113 cm³/mol. The van der Waals surface area contributed by atoms with Crippen LogP contribution in [-0.2, 0) is 4.79 Å². The van der Waals surface area contributed by atoms with Crippen LogP contribution in [0.3, 0.4) is 0 Å². The first kappa shape index (κ1) is 19.8. The number of rotatable bonds is 6. The molecule has 2 atom stereocenters. The van der Waals surface area contributed by atoms with Crippen LogP contribution in [0.2, 0.25) is 0 Å². The summed E-state index contributed by atoms with van der Waals surface area (Å²) < 4.78 is 16.9. The molecule has 1 saturated heterocycles. The van der Waals surface area contributed by atoms with Gasteiger partial charge in [-0.1, -0.05) is 0 Å². The molecule has 156 valence electrons. The van der Waals surface area contributed by atoms with Crippen molar-refractivity contribution in [2.24, 2.45) is 5.92 Å². The first-order chi connectivity index (χ1) is 14.5. The van der Waals surface area contributed by atoms with Crippen molar-refractivity contribution in [3.05, 3.63) is 42.6 Å². The Morgan fingerprint density at radius 2 is 1.77 bits per heavy atom. The Labute approximate surface area is 174 Å². The molecule has 2 aromatic carbocycles. The zero-order chi connectivity index (χ0) is 21.3. The number of hydrogen-bond donors (Lipinski definition) is 2. The van der Waals surface area contributed by atoms with E-state index in [2.05, 4.69) is 10.3 Å². The molecule has 1 amide bonds. The maximum Gasteiger partial charge on any atom is 0.220 e. The highest BCUT2D eigenvalue weighted by molar-refractivity contribution is 5.90. The fourth-order valence-corrected chi connectivity index (χ4v) is 3.73. The zero-order valence-corrected chi connectivity index (χ0v) is 17.1. The number of amides is 1. The number of carbonyl (C=O) groups excluding carboxylic acids is 1. The van der Waals surface area contributed by atoms with Gasteiger partial charge in [0.05, 0.1) is 19.7 Å². The minimum Gasteiger partial charge on any atom is -0.502 e. The molecule has 1 fully saturated rings. The van der Waals surface area contributed by atoms with Gasteiger partial charge < -0.3 is 24.6 Å². The predicted octanol–water partition coefficient (Wildman–Crippen LogP) is 3.53. The molecule has 0 unspecified atom stereocenters. The number of hydrogen-bond acceptors (Lipinski definition) is 6. The van der Waals surface area contributed by atoms with Crippen molar-refractivity contribution < 1.29 is 24.1 Å². The van der Waals surface area contributed by atoms with E-state index in [1.54, 1.807) is 18.3 Å². The van der Waals surface area contributed by atoms with Gasteiger partial charge in [-0.2, -0.15) is 0 Å². The molecule has 2 N–H and O–H groups in total. The highest BCUT2D eigenvalue weighted by atomic mass is 16.5. The summed E-state index contributed by atoms with van der Waals surface area (Å²) in [4.78, 5) is 16.1. The van der Waals surface area contributed by atoms with Crippen LogP contribution >= 0.6 is 0 Å². The fourth-order valence-electron chi connectivity index (χ4n) is 3.73. The Morgan fingerprint density at radius 1 is 1.10 bits per heavy atom. The molecular weight excluding hydrogens is 384 g/mol. The van der Waals surface area contributed by atoms with Crippen molar-refractivity contribution >= 4 is 16.8 Å². The maximum absolute atomic E-state index is 11.6. The van der Waals surface area contributed by atoms with Gasteiger partial charge in [-0.15, -0.1) is 0 Å². The highest BCUT2D eigenvalue weighted by Gasteiger charge is 2.28. The quantitative estimate of drug-likeness (QED) is 0.649. The molecule has 30 heavy (non-hydrogen) atoms. The van der Waals surface area contributed by atoms with Crippen LogP contribution in [0.4, 0.5) is 0 Å². The molecule has 4 rings (SSSR count). The van der Waals surface area contributed by atoms with E-state index in [0.29, 0.717) is 30.2 Å². The van der Waals surface area contributed by atoms with Gasteiger partial charge in [0.15, 0.2) is 11.5 Å². The van der Waals surface area contributed by atoms with E-state index < -0.39 is 0 Å². The molecular formula is C23H24N2O5. The maximum atomic E-state index is 11.6. The molecule has 1 aromatic heterocycles. The summed E-state index contributed by atoms with van der Waals surface area (Å²) in [5, 5.41) is 14.0. The third kappa shape index (κ3) is 3.70. The number of pyridine rings is 1. The number of methoxy groups -OCH3 is 2. The number of nitrogens with one attached hydrogen (secondary N) is 1. The van der Waals surface area contributed by atoms with Gasteiger partial charge in [-0.3, -0.25) is 9.78 Å². The van der Waals surface area contributed by atoms with E-state index in [1.807, 2.05) is 31.2 Å². The van der Waals surface area contributed by atoms with E-state index in [0.717, 1.165) is 22.0 Å². The van der Waals surface area contributed by atoms with Crippen LogP contribution in [0.1, 0.15) is 13.3 Å². The third-order valence-corrected chi connectivity index (χ3v) is 5.48. The minimum atomic E-state index is -0.147. The second-order valence-electron chi connectivity index (χ2n) is 7.37. The van der Waals surface area contributed by atoms with Gasteiger partial charge in [-0.05, 0) is 54.4 Å². The second kappa shape index (κ2) is 8.10. The lowest BCUT2D eigenvalue weighted by molar-refractivity contribution is -0.119. The van der Waals surface area contributed by atoms with Crippen molar-refractivity contribution in [3.8, 4) is 34.1 Å². The number of phenols is 1. The summed E-state index contributed by atoms with van der Waals surface area (Å²) in [5.41, 5.74) is 2.42. The van der Waals surface area contributed by atoms with Crippen LogP contribution in [-0.4, -0.2) is 42.9 Å². The number of carbonyl (C=O) groups is 1. The number of aromatic hydroxyl groups is 1. The lowest BCUT2D eigenvalue weighted by atomic mass is 10.0. The number of aromatic nitrogens is 1. The molecule has 0 bridgehead atoms. The van der Waals surface area contributed by atoms with Gasteiger partial charge in [0, 0.05) is 30.5 Å². The summed E-state index contributed by atoms with van der Waals surface area (Å²) >= 11 is 0. The highest BCUT2D eigenvalue weighted by Crippen LogP contribution is 2.42. The van der Waals surface area contributed by atoms with Crippen LogP contribution in [0.25, 0.3) is 22.0 Å². The molecule has 0 saturated carbocycles. The fraction of sp³-hybridized carbons (Fsp3) is 0.304. The second-order valence-corrected chi connectivity index (χ2v) is 7.37. The van der Waals surface area contributed by atoms with E-state index >= 15 is 0 Å². The van der Waals surface area contributed by atoms with Crippen LogP contribution in [0, 0.1) is 5.92 Å². The molecule has 0 aliphatic carbocycles. The largest absolute Gasteiger partial charge is 0.502 e. The summed E-state index contributed by atoms with van der Waals surface area (Å²) in [5.74, 6) is 1.44. The van der Waals surface area contributed by atoms with E-state index in [9.17, 15) is 9.90 Å². The monoisotopic (exact) mass is 408 g/mol. The Morgan fingerprint density at radius 3 is 2.40 bits per heavy atom. The smallest absolute Gasteiger partial charge is 0.220 e. The van der Waals surface area contributed by atoms with Crippen molar-refractivity contribution in [1.29, 1.82) is 0 Å². The first-order valence-corrected chi connectivity index (χ1v) is 9.77. The SMILES string of the molecule is COc1cc(-c2cc(O[C@H](C)[C@H]3CNC(=O)C3)c3cccnc3c2)cc(OC)c1O. The summed E-state index contributed by atoms with van der Waals surface area (Å²) in [6.45, 7) is 2.59. The lowest BCUT2D eigenvalue weighted by Crippen LogP contribution is -2.25. The van der Waals surface area contributed by atoms with Gasteiger partial charge in [-0.25, -0.2) is 0 Å². The van der Waals surface area contributed by atoms with Crippen molar-refractivity contribution in [1.82, 2.24) is 10.3 Å². The van der Waals surface area contributed by atoms with Gasteiger partial charge in [0.1, 0.15) is 11.9 Å². The van der Waals surface area contributed by atoms with Crippen molar-refractivity contribution in [2.45, 2.75) is 19.4 Å². The van der Waals surface area contributed by atoms with Crippen LogP contribution in [0.15, 0.2) is 42.6 Å². The van der Waals surface area contributed by atoms with Crippen molar-refractivity contribution in [3.63, 3.8) is 0 Å². The summed E-state index contributed by atoms with van der Waals surface area (Å²) in [6.07, 6.45) is 2.05. The average molecular weight is 408 g/mol. The molecule has 2 heterocycles. The number of nitrogens with zero attached hydrogens (tertiary/aromatic N) is 1. The van der Waals surface area contributed by atoms with Gasteiger partial charge in [0.25, 0.3) is 0 Å². The molecule has 0 radical (unpaired) electrons. The molecule has 0 spiro atoms.